The Bertz CT molecular complexity index is 603. The van der Waals surface area contributed by atoms with E-state index in [-0.39, 0.29) is 0 Å². The summed E-state index contributed by atoms with van der Waals surface area (Å²) in [7, 11) is 0. The summed E-state index contributed by atoms with van der Waals surface area (Å²) in [5, 5.41) is 9.44. The van der Waals surface area contributed by atoms with Crippen LogP contribution in [0.25, 0.3) is 0 Å². The van der Waals surface area contributed by atoms with Crippen molar-refractivity contribution < 1.29 is 9.90 Å². The molecule has 1 N–H and O–H groups in total. The van der Waals surface area contributed by atoms with Crippen LogP contribution in [0, 0.1) is 0 Å². The number of fused-ring (bicyclic) bond motifs is 2. The van der Waals surface area contributed by atoms with Crippen LogP contribution in [0.5, 0.6) is 0 Å². The van der Waals surface area contributed by atoms with Gasteiger partial charge in [0.05, 0.1) is 0 Å². The molecule has 20 heavy (non-hydrogen) atoms. The second kappa shape index (κ2) is 5.00. The maximum atomic E-state index is 11.5. The van der Waals surface area contributed by atoms with E-state index in [4.69, 9.17) is 0 Å². The molecule has 0 bridgehead atoms. The molecule has 3 heteroatoms. The van der Waals surface area contributed by atoms with Crippen LogP contribution in [0.15, 0.2) is 48.5 Å². The fraction of sp³-hybridized carbons (Fsp3) is 0.235. The zero-order valence-electron chi connectivity index (χ0n) is 11.4. The van der Waals surface area contributed by atoms with Crippen LogP contribution in [-0.2, 0) is 17.6 Å². The van der Waals surface area contributed by atoms with Crippen LogP contribution in [0.2, 0.25) is 0 Å². The highest BCUT2D eigenvalue weighted by Crippen LogP contribution is 2.37. The Hall–Kier alpha value is -2.29. The number of carboxylic acid groups (broad SMARTS) is 1. The topological polar surface area (TPSA) is 40.5 Å². The van der Waals surface area contributed by atoms with Crippen LogP contribution in [0.4, 0.5) is 11.4 Å². The predicted molar refractivity (Wildman–Crippen MR) is 79.5 cm³/mol. The zero-order chi connectivity index (χ0) is 14.1. The Morgan fingerprint density at radius 2 is 1.45 bits per heavy atom. The van der Waals surface area contributed by atoms with E-state index >= 15 is 0 Å². The largest absolute Gasteiger partial charge is 0.480 e. The van der Waals surface area contributed by atoms with Gasteiger partial charge in [0.2, 0.25) is 0 Å². The third-order valence-electron chi connectivity index (χ3n) is 3.91. The number of nitrogens with zero attached hydrogens (tertiary/aromatic N) is 1. The number of benzene rings is 2. The normalized spacial score (nSPS) is 14.9. The van der Waals surface area contributed by atoms with Crippen molar-refractivity contribution in [3.8, 4) is 0 Å². The van der Waals surface area contributed by atoms with Crippen molar-refractivity contribution in [3.05, 3.63) is 59.7 Å². The van der Waals surface area contributed by atoms with E-state index in [1.54, 1.807) is 6.92 Å². The van der Waals surface area contributed by atoms with Gasteiger partial charge in [-0.3, -0.25) is 0 Å². The highest BCUT2D eigenvalue weighted by molar-refractivity contribution is 5.84. The molecule has 0 aliphatic carbocycles. The van der Waals surface area contributed by atoms with Crippen molar-refractivity contribution in [1.82, 2.24) is 0 Å². The molecule has 2 aromatic rings. The van der Waals surface area contributed by atoms with Gasteiger partial charge in [0, 0.05) is 11.4 Å². The standard InChI is InChI=1S/C17H17NO2/c1-12(17(19)20)18-15-8-4-2-6-13(15)10-11-14-7-3-5-9-16(14)18/h2-9,12H,10-11H2,1H3,(H,19,20). The van der Waals surface area contributed by atoms with Crippen LogP contribution < -0.4 is 4.90 Å². The van der Waals surface area contributed by atoms with Crippen molar-refractivity contribution in [2.45, 2.75) is 25.8 Å². The third-order valence-corrected chi connectivity index (χ3v) is 3.91. The van der Waals surface area contributed by atoms with E-state index in [1.807, 2.05) is 41.3 Å². The van der Waals surface area contributed by atoms with Crippen molar-refractivity contribution >= 4 is 17.3 Å². The van der Waals surface area contributed by atoms with E-state index < -0.39 is 12.0 Å². The minimum Gasteiger partial charge on any atom is -0.480 e. The van der Waals surface area contributed by atoms with Gasteiger partial charge in [-0.1, -0.05) is 36.4 Å². The van der Waals surface area contributed by atoms with E-state index in [0.29, 0.717) is 0 Å². The smallest absolute Gasteiger partial charge is 0.326 e. The van der Waals surface area contributed by atoms with Crippen molar-refractivity contribution in [3.63, 3.8) is 0 Å². The van der Waals surface area contributed by atoms with Gasteiger partial charge in [0.15, 0.2) is 0 Å². The van der Waals surface area contributed by atoms with Gasteiger partial charge in [0.25, 0.3) is 0 Å². The monoisotopic (exact) mass is 267 g/mol. The Morgan fingerprint density at radius 3 is 1.90 bits per heavy atom. The van der Waals surface area contributed by atoms with Gasteiger partial charge in [-0.2, -0.15) is 0 Å². The van der Waals surface area contributed by atoms with Gasteiger partial charge in [-0.15, -0.1) is 0 Å². The third kappa shape index (κ3) is 2.05. The molecule has 0 aromatic heterocycles. The van der Waals surface area contributed by atoms with E-state index in [0.717, 1.165) is 24.2 Å². The van der Waals surface area contributed by atoms with Crippen molar-refractivity contribution in [2.75, 3.05) is 4.90 Å². The fourth-order valence-corrected chi connectivity index (χ4v) is 2.84. The molecule has 1 aliphatic rings. The molecular formula is C17H17NO2. The molecular weight excluding hydrogens is 250 g/mol. The molecule has 1 unspecified atom stereocenters. The molecule has 3 rings (SSSR count). The number of hydrogen-bond donors (Lipinski definition) is 1. The lowest BCUT2D eigenvalue weighted by molar-refractivity contribution is -0.137. The molecule has 1 heterocycles. The summed E-state index contributed by atoms with van der Waals surface area (Å²) in [6.07, 6.45) is 1.88. The number of hydrogen-bond acceptors (Lipinski definition) is 2. The maximum absolute atomic E-state index is 11.5. The number of para-hydroxylation sites is 2. The SMILES string of the molecule is CC(C(=O)O)N1c2ccccc2CCc2ccccc21. The Kier molecular flexibility index (Phi) is 3.18. The fourth-order valence-electron chi connectivity index (χ4n) is 2.84. The molecule has 0 radical (unpaired) electrons. The lowest BCUT2D eigenvalue weighted by Crippen LogP contribution is -2.35. The summed E-state index contributed by atoms with van der Waals surface area (Å²) in [6.45, 7) is 1.74. The Morgan fingerprint density at radius 1 is 1.00 bits per heavy atom. The van der Waals surface area contributed by atoms with Gasteiger partial charge in [-0.05, 0) is 43.0 Å². The molecule has 0 spiro atoms. The van der Waals surface area contributed by atoms with E-state index in [2.05, 4.69) is 12.1 Å². The van der Waals surface area contributed by atoms with Crippen LogP contribution in [0.1, 0.15) is 18.1 Å². The molecule has 1 atom stereocenters. The first-order valence-corrected chi connectivity index (χ1v) is 6.86. The molecule has 1 aliphatic heterocycles. The summed E-state index contributed by atoms with van der Waals surface area (Å²) in [6, 6.07) is 15.6. The average Bonchev–Trinajstić information content (AvgIpc) is 2.63. The number of anilines is 2. The molecule has 0 fully saturated rings. The highest BCUT2D eigenvalue weighted by atomic mass is 16.4. The van der Waals surface area contributed by atoms with Gasteiger partial charge in [-0.25, -0.2) is 4.79 Å². The van der Waals surface area contributed by atoms with Crippen molar-refractivity contribution in [1.29, 1.82) is 0 Å². The van der Waals surface area contributed by atoms with Crippen LogP contribution >= 0.6 is 0 Å². The Balaban J connectivity index is 2.21. The Labute approximate surface area is 118 Å². The summed E-state index contributed by atoms with van der Waals surface area (Å²) in [4.78, 5) is 13.4. The molecule has 102 valence electrons. The van der Waals surface area contributed by atoms with Crippen molar-refractivity contribution in [2.24, 2.45) is 0 Å². The second-order valence-corrected chi connectivity index (χ2v) is 5.14. The van der Waals surface area contributed by atoms with E-state index in [1.165, 1.54) is 11.1 Å². The number of aryl methyl sites for hydroxylation is 2. The molecule has 3 nitrogen and oxygen atoms in total. The lowest BCUT2D eigenvalue weighted by Gasteiger charge is -2.30. The summed E-state index contributed by atoms with van der Waals surface area (Å²) in [5.74, 6) is -0.809. The summed E-state index contributed by atoms with van der Waals surface area (Å²) in [5.41, 5.74) is 4.42. The van der Waals surface area contributed by atoms with Crippen LogP contribution in [-0.4, -0.2) is 17.1 Å². The number of aliphatic carboxylic acids is 1. The highest BCUT2D eigenvalue weighted by Gasteiger charge is 2.27. The maximum Gasteiger partial charge on any atom is 0.326 e. The minimum absolute atomic E-state index is 0.588. The van der Waals surface area contributed by atoms with E-state index in [9.17, 15) is 9.90 Å². The second-order valence-electron chi connectivity index (χ2n) is 5.14. The number of carboxylic acids is 1. The minimum atomic E-state index is -0.809. The predicted octanol–water partition coefficient (Wildman–Crippen LogP) is 3.40. The zero-order valence-corrected chi connectivity index (χ0v) is 11.4. The lowest BCUT2D eigenvalue weighted by atomic mass is 10.0. The van der Waals surface area contributed by atoms with Gasteiger partial charge >= 0.3 is 5.97 Å². The first-order valence-electron chi connectivity index (χ1n) is 6.86. The molecule has 0 saturated heterocycles. The summed E-state index contributed by atoms with van der Waals surface area (Å²) >= 11 is 0. The molecule has 2 aromatic carbocycles. The first-order chi connectivity index (χ1) is 9.68. The number of carbonyl (C=O) groups is 1. The van der Waals surface area contributed by atoms with Gasteiger partial charge in [0.1, 0.15) is 6.04 Å². The summed E-state index contributed by atoms with van der Waals surface area (Å²) < 4.78 is 0. The van der Waals surface area contributed by atoms with Crippen LogP contribution in [0.3, 0.4) is 0 Å². The number of rotatable bonds is 2. The van der Waals surface area contributed by atoms with Gasteiger partial charge < -0.3 is 10.0 Å². The first kappa shape index (κ1) is 12.7. The molecule has 0 saturated carbocycles. The molecule has 0 amide bonds. The average molecular weight is 267 g/mol. The quantitative estimate of drug-likeness (QED) is 0.906.